The third-order valence-electron chi connectivity index (χ3n) is 8.69. The van der Waals surface area contributed by atoms with Crippen molar-refractivity contribution < 1.29 is 19.2 Å². The molecule has 4 rings (SSSR count). The average Bonchev–Trinajstić information content (AvgIpc) is 3.01. The molecule has 2 heterocycles. The minimum absolute atomic E-state index is 0.0121. The van der Waals surface area contributed by atoms with Crippen LogP contribution < -0.4 is 16.4 Å². The Labute approximate surface area is 265 Å². The SMILES string of the molecule is CCC[C@@H]1CN(C(=O)CCC(=O)N2Cc3ccccc3C[C@H]2C(=O)N[C@@H](CCN)C(=O)Nc2ccc(Cl)c(C)c2)CCN1C. The van der Waals surface area contributed by atoms with E-state index in [0.717, 1.165) is 36.1 Å². The van der Waals surface area contributed by atoms with Gasteiger partial charge in [-0.2, -0.15) is 0 Å². The summed E-state index contributed by atoms with van der Waals surface area (Å²) < 4.78 is 0. The van der Waals surface area contributed by atoms with Crippen LogP contribution in [0.15, 0.2) is 42.5 Å². The van der Waals surface area contributed by atoms with Crippen LogP contribution in [0.25, 0.3) is 0 Å². The van der Waals surface area contributed by atoms with Gasteiger partial charge in [-0.1, -0.05) is 49.2 Å². The molecule has 10 nitrogen and oxygen atoms in total. The van der Waals surface area contributed by atoms with E-state index in [4.69, 9.17) is 17.3 Å². The topological polar surface area (TPSA) is 128 Å². The van der Waals surface area contributed by atoms with E-state index in [2.05, 4.69) is 29.5 Å². The van der Waals surface area contributed by atoms with Gasteiger partial charge in [-0.3, -0.25) is 24.1 Å². The number of halogens is 1. The molecule has 44 heavy (non-hydrogen) atoms. The Bertz CT molecular complexity index is 1350. The quantitative estimate of drug-likeness (QED) is 0.353. The Morgan fingerprint density at radius 3 is 2.48 bits per heavy atom. The van der Waals surface area contributed by atoms with Gasteiger partial charge in [-0.25, -0.2) is 0 Å². The first-order chi connectivity index (χ1) is 21.1. The first kappa shape index (κ1) is 33.4. The Morgan fingerprint density at radius 2 is 1.77 bits per heavy atom. The lowest BCUT2D eigenvalue weighted by molar-refractivity contribution is -0.144. The predicted molar refractivity (Wildman–Crippen MR) is 172 cm³/mol. The molecule has 0 unspecified atom stereocenters. The average molecular weight is 625 g/mol. The number of hydrogen-bond donors (Lipinski definition) is 3. The van der Waals surface area contributed by atoms with Gasteiger partial charge < -0.3 is 26.2 Å². The van der Waals surface area contributed by atoms with E-state index in [1.807, 2.05) is 36.1 Å². The highest BCUT2D eigenvalue weighted by Gasteiger charge is 2.36. The standard InChI is InChI=1S/C33H45ClN6O4/c1-4-7-26-21-39(17-16-38(26)3)30(41)12-13-31(42)40-20-24-9-6-5-8-23(24)19-29(40)33(44)37-28(14-15-35)32(43)36-25-10-11-27(34)22(2)18-25/h5-6,8-11,18,26,28-29H,4,7,12-17,19-21,35H2,1-3H3,(H,36,43)(H,37,44)/t26-,28+,29+/m1/s1. The second kappa shape index (κ2) is 15.5. The van der Waals surface area contributed by atoms with E-state index in [-0.39, 0.29) is 44.2 Å². The molecule has 4 amide bonds. The fourth-order valence-corrected chi connectivity index (χ4v) is 6.13. The number of amides is 4. The summed E-state index contributed by atoms with van der Waals surface area (Å²) in [6, 6.07) is 11.5. The van der Waals surface area contributed by atoms with Crippen molar-refractivity contribution in [3.05, 3.63) is 64.2 Å². The number of hydrogen-bond acceptors (Lipinski definition) is 6. The van der Waals surface area contributed by atoms with Crippen LogP contribution in [-0.2, 0) is 32.1 Å². The van der Waals surface area contributed by atoms with Crippen LogP contribution in [0.3, 0.4) is 0 Å². The Hall–Kier alpha value is -3.47. The Kier molecular flexibility index (Phi) is 11.8. The minimum atomic E-state index is -0.896. The molecule has 0 bridgehead atoms. The maximum atomic E-state index is 13.8. The van der Waals surface area contributed by atoms with E-state index in [1.165, 1.54) is 0 Å². The van der Waals surface area contributed by atoms with Crippen LogP contribution in [0.5, 0.6) is 0 Å². The zero-order valence-electron chi connectivity index (χ0n) is 26.0. The normalized spacial score (nSPS) is 19.2. The number of piperazine rings is 1. The fraction of sp³-hybridized carbons (Fsp3) is 0.515. The van der Waals surface area contributed by atoms with Crippen molar-refractivity contribution in [3.63, 3.8) is 0 Å². The van der Waals surface area contributed by atoms with Gasteiger partial charge in [0.2, 0.25) is 23.6 Å². The smallest absolute Gasteiger partial charge is 0.246 e. The van der Waals surface area contributed by atoms with Gasteiger partial charge in [0, 0.05) is 62.2 Å². The summed E-state index contributed by atoms with van der Waals surface area (Å²) in [5.41, 5.74) is 9.12. The molecule has 0 spiro atoms. The lowest BCUT2D eigenvalue weighted by Crippen LogP contribution is -2.56. The number of fused-ring (bicyclic) bond motifs is 1. The molecule has 0 radical (unpaired) electrons. The molecular formula is C33H45ClN6O4. The summed E-state index contributed by atoms with van der Waals surface area (Å²) in [5.74, 6) is -1.13. The first-order valence-electron chi connectivity index (χ1n) is 15.5. The largest absolute Gasteiger partial charge is 0.342 e. The van der Waals surface area contributed by atoms with Crippen molar-refractivity contribution in [3.8, 4) is 0 Å². The first-order valence-corrected chi connectivity index (χ1v) is 15.9. The number of carbonyl (C=O) groups is 4. The van der Waals surface area contributed by atoms with E-state index >= 15 is 0 Å². The number of nitrogens with one attached hydrogen (secondary N) is 2. The van der Waals surface area contributed by atoms with E-state index in [1.54, 1.807) is 23.1 Å². The van der Waals surface area contributed by atoms with Crippen molar-refractivity contribution in [2.45, 2.75) is 77.0 Å². The Morgan fingerprint density at radius 1 is 1.05 bits per heavy atom. The highest BCUT2D eigenvalue weighted by molar-refractivity contribution is 6.31. The van der Waals surface area contributed by atoms with E-state index in [0.29, 0.717) is 36.3 Å². The monoisotopic (exact) mass is 624 g/mol. The fourth-order valence-electron chi connectivity index (χ4n) is 6.01. The summed E-state index contributed by atoms with van der Waals surface area (Å²) in [6.45, 7) is 6.54. The molecule has 0 aliphatic carbocycles. The summed E-state index contributed by atoms with van der Waals surface area (Å²) in [5, 5.41) is 6.28. The highest BCUT2D eigenvalue weighted by Crippen LogP contribution is 2.25. The van der Waals surface area contributed by atoms with Crippen molar-refractivity contribution in [2.75, 3.05) is 38.5 Å². The van der Waals surface area contributed by atoms with Gasteiger partial charge in [-0.05, 0) is 68.2 Å². The zero-order valence-corrected chi connectivity index (χ0v) is 26.7. The molecule has 1 saturated heterocycles. The third kappa shape index (κ3) is 8.37. The highest BCUT2D eigenvalue weighted by atomic mass is 35.5. The van der Waals surface area contributed by atoms with Gasteiger partial charge in [0.1, 0.15) is 12.1 Å². The van der Waals surface area contributed by atoms with Gasteiger partial charge >= 0.3 is 0 Å². The lowest BCUT2D eigenvalue weighted by atomic mass is 9.92. The molecule has 3 atom stereocenters. The molecule has 1 fully saturated rings. The molecule has 2 aromatic rings. The molecule has 2 aromatic carbocycles. The van der Waals surface area contributed by atoms with Crippen molar-refractivity contribution >= 4 is 40.9 Å². The zero-order chi connectivity index (χ0) is 31.8. The van der Waals surface area contributed by atoms with Crippen LogP contribution in [0, 0.1) is 6.92 Å². The second-order valence-corrected chi connectivity index (χ2v) is 12.3. The molecule has 4 N–H and O–H groups in total. The second-order valence-electron chi connectivity index (χ2n) is 11.9. The molecule has 2 aliphatic heterocycles. The predicted octanol–water partition coefficient (Wildman–Crippen LogP) is 3.10. The number of aryl methyl sites for hydroxylation is 1. The molecule has 0 saturated carbocycles. The molecule has 238 valence electrons. The molecular weight excluding hydrogens is 580 g/mol. The minimum Gasteiger partial charge on any atom is -0.342 e. The lowest BCUT2D eigenvalue weighted by Gasteiger charge is -2.40. The number of carbonyl (C=O) groups excluding carboxylic acids is 4. The van der Waals surface area contributed by atoms with Crippen LogP contribution in [-0.4, -0.2) is 89.7 Å². The molecule has 2 aliphatic rings. The summed E-state index contributed by atoms with van der Waals surface area (Å²) in [6.07, 6.45) is 2.70. The summed E-state index contributed by atoms with van der Waals surface area (Å²) in [4.78, 5) is 59.4. The Balaban J connectivity index is 1.44. The molecule has 0 aromatic heterocycles. The number of nitrogens with two attached hydrogens (primary N) is 1. The van der Waals surface area contributed by atoms with Gasteiger partial charge in [0.05, 0.1) is 0 Å². The van der Waals surface area contributed by atoms with Crippen LogP contribution >= 0.6 is 11.6 Å². The van der Waals surface area contributed by atoms with Crippen LogP contribution in [0.2, 0.25) is 5.02 Å². The van der Waals surface area contributed by atoms with Gasteiger partial charge in [-0.15, -0.1) is 0 Å². The van der Waals surface area contributed by atoms with Crippen LogP contribution in [0.1, 0.15) is 55.7 Å². The van der Waals surface area contributed by atoms with E-state index in [9.17, 15) is 19.2 Å². The van der Waals surface area contributed by atoms with Crippen molar-refractivity contribution in [2.24, 2.45) is 5.73 Å². The van der Waals surface area contributed by atoms with Gasteiger partial charge in [0.15, 0.2) is 0 Å². The van der Waals surface area contributed by atoms with E-state index < -0.39 is 23.9 Å². The number of likely N-dealkylation sites (N-methyl/N-ethyl adjacent to an activating group) is 1. The summed E-state index contributed by atoms with van der Waals surface area (Å²) >= 11 is 6.12. The summed E-state index contributed by atoms with van der Waals surface area (Å²) in [7, 11) is 2.09. The number of nitrogens with zero attached hydrogens (tertiary/aromatic N) is 3. The maximum Gasteiger partial charge on any atom is 0.246 e. The van der Waals surface area contributed by atoms with Gasteiger partial charge in [0.25, 0.3) is 0 Å². The number of benzene rings is 2. The maximum absolute atomic E-state index is 13.8. The molecule has 11 heteroatoms. The third-order valence-corrected chi connectivity index (χ3v) is 9.11. The number of rotatable bonds is 11. The van der Waals surface area contributed by atoms with Crippen molar-refractivity contribution in [1.29, 1.82) is 0 Å². The van der Waals surface area contributed by atoms with Crippen LogP contribution in [0.4, 0.5) is 5.69 Å². The van der Waals surface area contributed by atoms with Crippen molar-refractivity contribution in [1.82, 2.24) is 20.0 Å². The number of anilines is 1.